The third-order valence-corrected chi connectivity index (χ3v) is 6.90. The van der Waals surface area contributed by atoms with Crippen LogP contribution in [-0.4, -0.2) is 65.8 Å². The van der Waals surface area contributed by atoms with Gasteiger partial charge >= 0.3 is 0 Å². The lowest BCUT2D eigenvalue weighted by atomic mass is 9.83. The SMILES string of the molecule is CC(=O)N1CCN(C(=O)C2CC(c3ccccc3)CN(Cc3ccccc3Cl)C2)CC1. The molecule has 0 N–H and O–H groups in total. The molecule has 2 heterocycles. The summed E-state index contributed by atoms with van der Waals surface area (Å²) in [4.78, 5) is 31.2. The summed E-state index contributed by atoms with van der Waals surface area (Å²) in [6.45, 7) is 6.47. The van der Waals surface area contributed by atoms with Crippen molar-refractivity contribution in [1.82, 2.24) is 14.7 Å². The quantitative estimate of drug-likeness (QED) is 0.730. The molecule has 0 saturated carbocycles. The predicted octanol–water partition coefficient (Wildman–Crippen LogP) is 3.64. The number of piperazine rings is 1. The van der Waals surface area contributed by atoms with Crippen LogP contribution in [0.25, 0.3) is 0 Å². The van der Waals surface area contributed by atoms with E-state index in [1.54, 1.807) is 6.92 Å². The maximum Gasteiger partial charge on any atom is 0.227 e. The van der Waals surface area contributed by atoms with Crippen molar-refractivity contribution >= 4 is 23.4 Å². The topological polar surface area (TPSA) is 43.9 Å². The lowest BCUT2D eigenvalue weighted by Gasteiger charge is -2.41. The van der Waals surface area contributed by atoms with Crippen molar-refractivity contribution in [2.75, 3.05) is 39.3 Å². The Morgan fingerprint density at radius 1 is 0.903 bits per heavy atom. The van der Waals surface area contributed by atoms with Gasteiger partial charge in [0.15, 0.2) is 0 Å². The smallest absolute Gasteiger partial charge is 0.227 e. The Kier molecular flexibility index (Phi) is 6.93. The van der Waals surface area contributed by atoms with Crippen LogP contribution in [0.15, 0.2) is 54.6 Å². The number of rotatable bonds is 4. The molecular formula is C25H30ClN3O2. The molecule has 0 aliphatic carbocycles. The van der Waals surface area contributed by atoms with E-state index in [4.69, 9.17) is 11.6 Å². The minimum absolute atomic E-state index is 0.0506. The van der Waals surface area contributed by atoms with Gasteiger partial charge in [-0.2, -0.15) is 0 Å². The van der Waals surface area contributed by atoms with Crippen LogP contribution >= 0.6 is 11.6 Å². The lowest BCUT2D eigenvalue weighted by Crippen LogP contribution is -2.53. The van der Waals surface area contributed by atoms with Crippen LogP contribution in [0.1, 0.15) is 30.4 Å². The Bertz CT molecular complexity index is 912. The molecule has 0 radical (unpaired) electrons. The van der Waals surface area contributed by atoms with E-state index >= 15 is 0 Å². The summed E-state index contributed by atoms with van der Waals surface area (Å²) in [6, 6.07) is 18.4. The van der Waals surface area contributed by atoms with Crippen LogP contribution < -0.4 is 0 Å². The van der Waals surface area contributed by atoms with Crippen molar-refractivity contribution in [3.8, 4) is 0 Å². The van der Waals surface area contributed by atoms with Crippen molar-refractivity contribution in [1.29, 1.82) is 0 Å². The third kappa shape index (κ3) is 5.28. The second kappa shape index (κ2) is 9.84. The van der Waals surface area contributed by atoms with Crippen molar-refractivity contribution < 1.29 is 9.59 Å². The van der Waals surface area contributed by atoms with Crippen LogP contribution in [0, 0.1) is 5.92 Å². The maximum absolute atomic E-state index is 13.4. The van der Waals surface area contributed by atoms with Crippen molar-refractivity contribution in [3.05, 3.63) is 70.7 Å². The maximum atomic E-state index is 13.4. The van der Waals surface area contributed by atoms with Gasteiger partial charge in [-0.15, -0.1) is 0 Å². The molecular weight excluding hydrogens is 410 g/mol. The molecule has 31 heavy (non-hydrogen) atoms. The summed E-state index contributed by atoms with van der Waals surface area (Å²) in [7, 11) is 0. The Hall–Kier alpha value is -2.37. The van der Waals surface area contributed by atoms with E-state index in [1.807, 2.05) is 34.1 Å². The first kappa shape index (κ1) is 21.8. The first-order chi connectivity index (χ1) is 15.0. The van der Waals surface area contributed by atoms with Gasteiger partial charge in [0.1, 0.15) is 0 Å². The predicted molar refractivity (Wildman–Crippen MR) is 123 cm³/mol. The number of benzene rings is 2. The van der Waals surface area contributed by atoms with E-state index in [1.165, 1.54) is 5.56 Å². The van der Waals surface area contributed by atoms with Gasteiger partial charge in [-0.05, 0) is 29.5 Å². The monoisotopic (exact) mass is 439 g/mol. The lowest BCUT2D eigenvalue weighted by molar-refractivity contribution is -0.143. The van der Waals surface area contributed by atoms with Gasteiger partial charge in [-0.1, -0.05) is 60.1 Å². The second-order valence-corrected chi connectivity index (χ2v) is 9.06. The number of hydrogen-bond acceptors (Lipinski definition) is 3. The standard InChI is InChI=1S/C25H30ClN3O2/c1-19(30)28-11-13-29(14-12-28)25(31)23-15-22(20-7-3-2-4-8-20)17-27(18-23)16-21-9-5-6-10-24(21)26/h2-10,22-23H,11-18H2,1H3. The highest BCUT2D eigenvalue weighted by atomic mass is 35.5. The summed E-state index contributed by atoms with van der Waals surface area (Å²) in [5, 5.41) is 0.771. The van der Waals surface area contributed by atoms with E-state index in [-0.39, 0.29) is 17.7 Å². The number of hydrogen-bond donors (Lipinski definition) is 0. The Morgan fingerprint density at radius 2 is 1.55 bits per heavy atom. The van der Waals surface area contributed by atoms with Crippen LogP contribution in [0.4, 0.5) is 0 Å². The van der Waals surface area contributed by atoms with E-state index in [0.29, 0.717) is 32.1 Å². The van der Waals surface area contributed by atoms with E-state index in [0.717, 1.165) is 36.6 Å². The molecule has 2 saturated heterocycles. The molecule has 164 valence electrons. The second-order valence-electron chi connectivity index (χ2n) is 8.66. The summed E-state index contributed by atoms with van der Waals surface area (Å²) in [5.74, 6) is 0.558. The zero-order valence-electron chi connectivity index (χ0n) is 18.0. The summed E-state index contributed by atoms with van der Waals surface area (Å²) < 4.78 is 0. The Balaban J connectivity index is 1.50. The number of likely N-dealkylation sites (tertiary alicyclic amines) is 1. The number of amides is 2. The summed E-state index contributed by atoms with van der Waals surface area (Å²) in [6.07, 6.45) is 0.856. The highest BCUT2D eigenvalue weighted by molar-refractivity contribution is 6.31. The van der Waals surface area contributed by atoms with E-state index in [2.05, 4.69) is 35.2 Å². The van der Waals surface area contributed by atoms with E-state index < -0.39 is 0 Å². The van der Waals surface area contributed by atoms with Crippen molar-refractivity contribution in [3.63, 3.8) is 0 Å². The van der Waals surface area contributed by atoms with Gasteiger partial charge in [0.25, 0.3) is 0 Å². The molecule has 2 aromatic rings. The third-order valence-electron chi connectivity index (χ3n) is 6.53. The molecule has 2 fully saturated rings. The van der Waals surface area contributed by atoms with Gasteiger partial charge in [-0.25, -0.2) is 0 Å². The number of nitrogens with zero attached hydrogens (tertiary/aromatic N) is 3. The minimum Gasteiger partial charge on any atom is -0.339 e. The summed E-state index contributed by atoms with van der Waals surface area (Å²) in [5.41, 5.74) is 2.38. The first-order valence-corrected chi connectivity index (χ1v) is 11.4. The average Bonchev–Trinajstić information content (AvgIpc) is 2.80. The molecule has 2 aromatic carbocycles. The number of piperidine rings is 1. The Labute approximate surface area is 189 Å². The average molecular weight is 440 g/mol. The molecule has 2 aliphatic rings. The molecule has 0 spiro atoms. The molecule has 4 rings (SSSR count). The van der Waals surface area contributed by atoms with Crippen LogP contribution in [0.3, 0.4) is 0 Å². The van der Waals surface area contributed by atoms with Crippen molar-refractivity contribution in [2.45, 2.75) is 25.8 Å². The number of carbonyl (C=O) groups excluding carboxylic acids is 2. The fraction of sp³-hybridized carbons (Fsp3) is 0.440. The fourth-order valence-corrected chi connectivity index (χ4v) is 5.03. The zero-order chi connectivity index (χ0) is 21.8. The molecule has 2 aliphatic heterocycles. The van der Waals surface area contributed by atoms with Crippen LogP contribution in [0.5, 0.6) is 0 Å². The molecule has 5 nitrogen and oxygen atoms in total. The molecule has 2 atom stereocenters. The first-order valence-electron chi connectivity index (χ1n) is 11.1. The van der Waals surface area contributed by atoms with E-state index in [9.17, 15) is 9.59 Å². The fourth-order valence-electron chi connectivity index (χ4n) is 4.83. The van der Waals surface area contributed by atoms with Gasteiger partial charge in [0.05, 0.1) is 5.92 Å². The zero-order valence-corrected chi connectivity index (χ0v) is 18.8. The number of carbonyl (C=O) groups is 2. The molecule has 6 heteroatoms. The van der Waals surface area contributed by atoms with Gasteiger partial charge < -0.3 is 9.80 Å². The normalized spacial score (nSPS) is 22.4. The largest absolute Gasteiger partial charge is 0.339 e. The minimum atomic E-state index is -0.0506. The molecule has 0 aromatic heterocycles. The molecule has 0 bridgehead atoms. The van der Waals surface area contributed by atoms with Gasteiger partial charge in [0.2, 0.25) is 11.8 Å². The highest BCUT2D eigenvalue weighted by Gasteiger charge is 2.35. The number of halogens is 1. The Morgan fingerprint density at radius 3 is 2.23 bits per heavy atom. The summed E-state index contributed by atoms with van der Waals surface area (Å²) >= 11 is 6.42. The van der Waals surface area contributed by atoms with Crippen LogP contribution in [0.2, 0.25) is 5.02 Å². The van der Waals surface area contributed by atoms with Gasteiger partial charge in [0, 0.05) is 57.8 Å². The molecule has 2 unspecified atom stereocenters. The molecule has 2 amide bonds. The van der Waals surface area contributed by atoms with Gasteiger partial charge in [-0.3, -0.25) is 14.5 Å². The van der Waals surface area contributed by atoms with Crippen molar-refractivity contribution in [2.24, 2.45) is 5.92 Å². The highest BCUT2D eigenvalue weighted by Crippen LogP contribution is 2.33. The van der Waals surface area contributed by atoms with Crippen LogP contribution in [-0.2, 0) is 16.1 Å².